The van der Waals surface area contributed by atoms with Gasteiger partial charge >= 0.3 is 0 Å². The monoisotopic (exact) mass is 252 g/mol. The summed E-state index contributed by atoms with van der Waals surface area (Å²) in [6, 6.07) is 0. The van der Waals surface area contributed by atoms with E-state index in [4.69, 9.17) is 5.73 Å². The van der Waals surface area contributed by atoms with Crippen LogP contribution in [0, 0.1) is 0 Å². The lowest BCUT2D eigenvalue weighted by atomic mass is 10.1. The van der Waals surface area contributed by atoms with Crippen LogP contribution in [0.2, 0.25) is 0 Å². The second-order valence-corrected chi connectivity index (χ2v) is 4.59. The topological polar surface area (TPSA) is 72.9 Å². The molecule has 1 amide bonds. The summed E-state index contributed by atoms with van der Waals surface area (Å²) < 4.78 is 1.50. The van der Waals surface area contributed by atoms with Gasteiger partial charge in [-0.1, -0.05) is 39.0 Å². The van der Waals surface area contributed by atoms with Crippen LogP contribution in [0.3, 0.4) is 0 Å². The first-order valence-corrected chi connectivity index (χ1v) is 6.72. The number of hydrogen-bond donors (Lipinski definition) is 2. The van der Waals surface area contributed by atoms with Crippen molar-refractivity contribution >= 4 is 11.7 Å². The van der Waals surface area contributed by atoms with Gasteiger partial charge in [0.1, 0.15) is 11.4 Å². The second-order valence-electron chi connectivity index (χ2n) is 4.59. The molecule has 0 aliphatic rings. The Morgan fingerprint density at radius 3 is 2.61 bits per heavy atom. The van der Waals surface area contributed by atoms with E-state index in [1.807, 2.05) is 0 Å². The van der Waals surface area contributed by atoms with Crippen molar-refractivity contribution in [1.29, 1.82) is 0 Å². The van der Waals surface area contributed by atoms with Gasteiger partial charge in [-0.2, -0.15) is 5.10 Å². The van der Waals surface area contributed by atoms with Crippen molar-refractivity contribution in [2.75, 3.05) is 12.3 Å². The van der Waals surface area contributed by atoms with Crippen molar-refractivity contribution in [3.05, 3.63) is 11.8 Å². The molecule has 18 heavy (non-hydrogen) atoms. The third kappa shape index (κ3) is 4.39. The van der Waals surface area contributed by atoms with Gasteiger partial charge in [-0.25, -0.2) is 0 Å². The first-order chi connectivity index (χ1) is 8.66. The number of anilines is 1. The number of carbonyl (C=O) groups is 1. The van der Waals surface area contributed by atoms with Gasteiger partial charge in [-0.15, -0.1) is 0 Å². The summed E-state index contributed by atoms with van der Waals surface area (Å²) in [6.07, 6.45) is 8.80. The average Bonchev–Trinajstić information content (AvgIpc) is 2.69. The van der Waals surface area contributed by atoms with Gasteiger partial charge in [0.2, 0.25) is 0 Å². The number of rotatable bonds is 8. The fraction of sp³-hybridized carbons (Fsp3) is 0.692. The van der Waals surface area contributed by atoms with Crippen molar-refractivity contribution in [1.82, 2.24) is 15.1 Å². The van der Waals surface area contributed by atoms with E-state index in [-0.39, 0.29) is 5.91 Å². The highest BCUT2D eigenvalue weighted by Gasteiger charge is 2.12. The summed E-state index contributed by atoms with van der Waals surface area (Å²) >= 11 is 0. The molecule has 0 fully saturated rings. The molecule has 0 spiro atoms. The lowest BCUT2D eigenvalue weighted by molar-refractivity contribution is 0.0954. The van der Waals surface area contributed by atoms with Crippen LogP contribution in [0.4, 0.5) is 5.82 Å². The normalized spacial score (nSPS) is 10.6. The summed E-state index contributed by atoms with van der Waals surface area (Å²) in [4.78, 5) is 11.8. The predicted octanol–water partition coefficient (Wildman–Crippen LogP) is 2.09. The zero-order valence-electron chi connectivity index (χ0n) is 11.4. The van der Waals surface area contributed by atoms with Gasteiger partial charge in [0.25, 0.3) is 5.91 Å². The highest BCUT2D eigenvalue weighted by molar-refractivity contribution is 5.98. The van der Waals surface area contributed by atoms with Gasteiger partial charge in [0, 0.05) is 13.6 Å². The molecule has 0 aliphatic heterocycles. The summed E-state index contributed by atoms with van der Waals surface area (Å²) in [6.45, 7) is 2.91. The van der Waals surface area contributed by atoms with E-state index in [9.17, 15) is 4.79 Å². The molecular formula is C13H24N4O. The van der Waals surface area contributed by atoms with Gasteiger partial charge in [-0.3, -0.25) is 9.48 Å². The van der Waals surface area contributed by atoms with Crippen LogP contribution < -0.4 is 11.1 Å². The molecule has 5 heteroatoms. The number of nitrogen functional groups attached to an aromatic ring is 1. The molecule has 0 aliphatic carbocycles. The summed E-state index contributed by atoms with van der Waals surface area (Å²) in [7, 11) is 1.72. The van der Waals surface area contributed by atoms with Crippen molar-refractivity contribution in [2.45, 2.75) is 45.4 Å². The minimum Gasteiger partial charge on any atom is -0.383 e. The molecule has 1 aromatic heterocycles. The number of unbranched alkanes of at least 4 members (excludes halogenated alkanes) is 5. The lowest BCUT2D eigenvalue weighted by Crippen LogP contribution is -2.25. The molecule has 0 saturated heterocycles. The molecule has 0 radical (unpaired) electrons. The Morgan fingerprint density at radius 2 is 2.00 bits per heavy atom. The molecule has 1 rings (SSSR count). The second kappa shape index (κ2) is 7.74. The van der Waals surface area contributed by atoms with Crippen molar-refractivity contribution in [3.63, 3.8) is 0 Å². The number of nitrogens with one attached hydrogen (secondary N) is 1. The average molecular weight is 252 g/mol. The highest BCUT2D eigenvalue weighted by atomic mass is 16.1. The van der Waals surface area contributed by atoms with E-state index in [0.717, 1.165) is 6.42 Å². The third-order valence-electron chi connectivity index (χ3n) is 3.05. The Morgan fingerprint density at radius 1 is 1.33 bits per heavy atom. The molecule has 3 N–H and O–H groups in total. The van der Waals surface area contributed by atoms with E-state index in [2.05, 4.69) is 17.3 Å². The summed E-state index contributed by atoms with van der Waals surface area (Å²) in [5.41, 5.74) is 6.19. The zero-order chi connectivity index (χ0) is 13.4. The molecule has 102 valence electrons. The molecule has 0 aromatic carbocycles. The maximum Gasteiger partial charge on any atom is 0.256 e. The minimum absolute atomic E-state index is 0.130. The van der Waals surface area contributed by atoms with Gasteiger partial charge in [0.15, 0.2) is 0 Å². The number of carbonyl (C=O) groups excluding carboxylic acids is 1. The molecule has 0 atom stereocenters. The predicted molar refractivity (Wildman–Crippen MR) is 73.3 cm³/mol. The number of aryl methyl sites for hydroxylation is 1. The van der Waals surface area contributed by atoms with Crippen LogP contribution >= 0.6 is 0 Å². The van der Waals surface area contributed by atoms with Crippen molar-refractivity contribution in [3.8, 4) is 0 Å². The van der Waals surface area contributed by atoms with E-state index >= 15 is 0 Å². The molecule has 0 bridgehead atoms. The van der Waals surface area contributed by atoms with Crippen LogP contribution in [-0.4, -0.2) is 22.2 Å². The van der Waals surface area contributed by atoms with Gasteiger partial charge in [0.05, 0.1) is 6.20 Å². The first kappa shape index (κ1) is 14.5. The summed E-state index contributed by atoms with van der Waals surface area (Å²) in [5, 5.41) is 6.82. The quantitative estimate of drug-likeness (QED) is 0.696. The molecule has 0 saturated carbocycles. The van der Waals surface area contributed by atoms with Gasteiger partial charge < -0.3 is 11.1 Å². The number of nitrogens with two attached hydrogens (primary N) is 1. The van der Waals surface area contributed by atoms with Gasteiger partial charge in [-0.05, 0) is 6.42 Å². The van der Waals surface area contributed by atoms with E-state index in [1.165, 1.54) is 43.0 Å². The Hall–Kier alpha value is -1.52. The Bertz CT molecular complexity index is 373. The smallest absolute Gasteiger partial charge is 0.256 e. The van der Waals surface area contributed by atoms with E-state index < -0.39 is 0 Å². The number of nitrogens with zero attached hydrogens (tertiary/aromatic N) is 2. The molecule has 5 nitrogen and oxygen atoms in total. The Balaban J connectivity index is 2.16. The largest absolute Gasteiger partial charge is 0.383 e. The Kier molecular flexibility index (Phi) is 6.25. The highest BCUT2D eigenvalue weighted by Crippen LogP contribution is 2.09. The van der Waals surface area contributed by atoms with Crippen LogP contribution in [0.1, 0.15) is 55.8 Å². The number of aromatic nitrogens is 2. The van der Waals surface area contributed by atoms with Crippen molar-refractivity contribution in [2.24, 2.45) is 7.05 Å². The van der Waals surface area contributed by atoms with Crippen LogP contribution in [0.15, 0.2) is 6.20 Å². The fourth-order valence-corrected chi connectivity index (χ4v) is 1.82. The van der Waals surface area contributed by atoms with Crippen molar-refractivity contribution < 1.29 is 4.79 Å². The minimum atomic E-state index is -0.130. The lowest BCUT2D eigenvalue weighted by Gasteiger charge is -2.04. The SMILES string of the molecule is CCCCCCCCNC(=O)c1cnn(C)c1N. The fourth-order valence-electron chi connectivity index (χ4n) is 1.82. The molecule has 1 aromatic rings. The maximum absolute atomic E-state index is 11.8. The Labute approximate surface area is 109 Å². The molecular weight excluding hydrogens is 228 g/mol. The maximum atomic E-state index is 11.8. The van der Waals surface area contributed by atoms with Crippen LogP contribution in [0.25, 0.3) is 0 Å². The van der Waals surface area contributed by atoms with Crippen LogP contribution in [0.5, 0.6) is 0 Å². The van der Waals surface area contributed by atoms with Crippen LogP contribution in [-0.2, 0) is 7.05 Å². The summed E-state index contributed by atoms with van der Waals surface area (Å²) in [5.74, 6) is 0.282. The molecule has 0 unspecified atom stereocenters. The molecule has 1 heterocycles. The number of amides is 1. The third-order valence-corrected chi connectivity index (χ3v) is 3.05. The number of hydrogen-bond acceptors (Lipinski definition) is 3. The standard InChI is InChI=1S/C13H24N4O/c1-3-4-5-6-7-8-9-15-13(18)11-10-16-17(2)12(11)14/h10H,3-9,14H2,1-2H3,(H,15,18). The first-order valence-electron chi connectivity index (χ1n) is 6.72. The zero-order valence-corrected chi connectivity index (χ0v) is 11.4. The van der Waals surface area contributed by atoms with E-state index in [1.54, 1.807) is 7.05 Å². The van der Waals surface area contributed by atoms with E-state index in [0.29, 0.717) is 17.9 Å².